The number of hydrogen-bond acceptors (Lipinski definition) is 5. The highest BCUT2D eigenvalue weighted by atomic mass is 35.5. The zero-order valence-corrected chi connectivity index (χ0v) is 15.5. The van der Waals surface area contributed by atoms with Gasteiger partial charge in [0.05, 0.1) is 17.3 Å². The van der Waals surface area contributed by atoms with E-state index in [-0.39, 0.29) is 5.78 Å². The molecule has 2 aromatic carbocycles. The van der Waals surface area contributed by atoms with Crippen LogP contribution < -0.4 is 5.32 Å². The van der Waals surface area contributed by atoms with E-state index in [1.54, 1.807) is 29.9 Å². The second-order valence-electron chi connectivity index (χ2n) is 6.21. The van der Waals surface area contributed by atoms with Crippen LogP contribution in [-0.4, -0.2) is 25.5 Å². The lowest BCUT2D eigenvalue weighted by Crippen LogP contribution is -2.01. The predicted octanol–water partition coefficient (Wildman–Crippen LogP) is 4.72. The van der Waals surface area contributed by atoms with Crippen LogP contribution >= 0.6 is 11.6 Å². The van der Waals surface area contributed by atoms with Gasteiger partial charge in [-0.15, -0.1) is 0 Å². The van der Waals surface area contributed by atoms with E-state index in [1.807, 2.05) is 37.3 Å². The number of nitrogens with zero attached hydrogens (tertiary/aromatic N) is 4. The van der Waals surface area contributed by atoms with Crippen LogP contribution in [0.25, 0.3) is 16.7 Å². The number of aryl methyl sites for hydroxylation is 1. The first-order valence-electron chi connectivity index (χ1n) is 8.36. The second-order valence-corrected chi connectivity index (χ2v) is 6.65. The summed E-state index contributed by atoms with van der Waals surface area (Å²) < 4.78 is 1.75. The summed E-state index contributed by atoms with van der Waals surface area (Å²) in [6.07, 6.45) is 3.20. The van der Waals surface area contributed by atoms with Gasteiger partial charge in [-0.3, -0.25) is 4.79 Å². The maximum Gasteiger partial charge on any atom is 0.168 e. The first kappa shape index (κ1) is 17.2. The molecule has 0 atom stereocenters. The molecule has 0 amide bonds. The van der Waals surface area contributed by atoms with Crippen LogP contribution in [0.4, 0.5) is 11.5 Å². The van der Waals surface area contributed by atoms with Crippen LogP contribution in [0.5, 0.6) is 0 Å². The number of hydrogen-bond donors (Lipinski definition) is 1. The van der Waals surface area contributed by atoms with Crippen molar-refractivity contribution in [1.29, 1.82) is 0 Å². The molecule has 6 nitrogen and oxygen atoms in total. The third-order valence-electron chi connectivity index (χ3n) is 4.30. The van der Waals surface area contributed by atoms with Gasteiger partial charge in [0.25, 0.3) is 0 Å². The highest BCUT2D eigenvalue weighted by molar-refractivity contribution is 6.30. The van der Waals surface area contributed by atoms with E-state index in [2.05, 4.69) is 20.4 Å². The molecule has 1 N–H and O–H groups in total. The first-order chi connectivity index (χ1) is 13.0. The summed E-state index contributed by atoms with van der Waals surface area (Å²) in [4.78, 5) is 20.3. The molecule has 27 heavy (non-hydrogen) atoms. The molecule has 2 aromatic heterocycles. The smallest absolute Gasteiger partial charge is 0.168 e. The molecule has 0 aliphatic carbocycles. The molecule has 134 valence electrons. The minimum absolute atomic E-state index is 0.00994. The number of fused-ring (bicyclic) bond motifs is 1. The molecule has 4 aromatic rings. The molecule has 4 rings (SSSR count). The Morgan fingerprint density at radius 1 is 1.15 bits per heavy atom. The van der Waals surface area contributed by atoms with Gasteiger partial charge < -0.3 is 5.32 Å². The van der Waals surface area contributed by atoms with E-state index >= 15 is 0 Å². The van der Waals surface area contributed by atoms with Crippen LogP contribution in [0.3, 0.4) is 0 Å². The minimum Gasteiger partial charge on any atom is -0.339 e. The quantitative estimate of drug-likeness (QED) is 0.521. The number of rotatable bonds is 4. The molecule has 0 saturated carbocycles. The molecule has 7 heteroatoms. The Labute approximate surface area is 160 Å². The van der Waals surface area contributed by atoms with E-state index in [0.29, 0.717) is 22.1 Å². The summed E-state index contributed by atoms with van der Waals surface area (Å²) in [5.74, 6) is 0.627. The molecule has 0 fully saturated rings. The standard InChI is InChI=1S/C20H16ClN5O/c1-12-6-7-15(21)9-18(12)26-20-17(10-24-26)19(22-11-23-20)25-16-5-3-4-14(8-16)13(2)27/h3-11H,1-2H3,(H,22,23,25). The van der Waals surface area contributed by atoms with Crippen molar-refractivity contribution >= 4 is 39.9 Å². The molecule has 0 aliphatic rings. The first-order valence-corrected chi connectivity index (χ1v) is 8.74. The fraction of sp³-hybridized carbons (Fsp3) is 0.100. The van der Waals surface area contributed by atoms with Gasteiger partial charge in [0, 0.05) is 16.3 Å². The van der Waals surface area contributed by atoms with Crippen LogP contribution in [0.1, 0.15) is 22.8 Å². The zero-order chi connectivity index (χ0) is 19.0. The van der Waals surface area contributed by atoms with Gasteiger partial charge in [0.1, 0.15) is 12.1 Å². The lowest BCUT2D eigenvalue weighted by molar-refractivity contribution is 0.101. The number of benzene rings is 2. The van der Waals surface area contributed by atoms with E-state index in [1.165, 1.54) is 6.33 Å². The van der Waals surface area contributed by atoms with Crippen molar-refractivity contribution in [2.24, 2.45) is 0 Å². The second kappa shape index (κ2) is 6.81. The number of aromatic nitrogens is 4. The molecule has 0 unspecified atom stereocenters. The van der Waals surface area contributed by atoms with Crippen molar-refractivity contribution in [1.82, 2.24) is 19.7 Å². The van der Waals surface area contributed by atoms with Crippen LogP contribution in [0.2, 0.25) is 5.02 Å². The van der Waals surface area contributed by atoms with Crippen molar-refractivity contribution < 1.29 is 4.79 Å². The molecule has 0 spiro atoms. The number of ketones is 1. The summed E-state index contributed by atoms with van der Waals surface area (Å²) in [6, 6.07) is 12.9. The van der Waals surface area contributed by atoms with Crippen LogP contribution in [0, 0.1) is 6.92 Å². The Bertz CT molecular complexity index is 1170. The fourth-order valence-electron chi connectivity index (χ4n) is 2.88. The maximum atomic E-state index is 11.6. The number of Topliss-reactive ketones (excluding diaryl/α,β-unsaturated/α-hetero) is 1. The van der Waals surface area contributed by atoms with Gasteiger partial charge in [-0.05, 0) is 43.7 Å². The number of carbonyl (C=O) groups excluding carboxylic acids is 1. The third kappa shape index (κ3) is 3.27. The molecule has 2 heterocycles. The molecule has 0 radical (unpaired) electrons. The molecule has 0 saturated heterocycles. The summed E-state index contributed by atoms with van der Waals surface area (Å²) >= 11 is 6.15. The average Bonchev–Trinajstić information content (AvgIpc) is 3.09. The normalized spacial score (nSPS) is 10.9. The fourth-order valence-corrected chi connectivity index (χ4v) is 3.05. The molecular weight excluding hydrogens is 362 g/mol. The Kier molecular flexibility index (Phi) is 4.33. The monoisotopic (exact) mass is 377 g/mol. The van der Waals surface area contributed by atoms with E-state index in [9.17, 15) is 4.79 Å². The van der Waals surface area contributed by atoms with Gasteiger partial charge in [-0.2, -0.15) is 5.10 Å². The number of carbonyl (C=O) groups is 1. The van der Waals surface area contributed by atoms with Crippen molar-refractivity contribution in [3.8, 4) is 5.69 Å². The lowest BCUT2D eigenvalue weighted by atomic mass is 10.1. The maximum absolute atomic E-state index is 11.6. The van der Waals surface area contributed by atoms with E-state index in [4.69, 9.17) is 11.6 Å². The zero-order valence-electron chi connectivity index (χ0n) is 14.8. The van der Waals surface area contributed by atoms with Crippen molar-refractivity contribution in [3.63, 3.8) is 0 Å². The van der Waals surface area contributed by atoms with Gasteiger partial charge in [-0.1, -0.05) is 29.8 Å². The van der Waals surface area contributed by atoms with Crippen molar-refractivity contribution in [3.05, 3.63) is 71.1 Å². The SMILES string of the molecule is CC(=O)c1cccc(Nc2ncnc3c2cnn3-c2cc(Cl)ccc2C)c1. The largest absolute Gasteiger partial charge is 0.339 e. The van der Waals surface area contributed by atoms with Crippen LogP contribution in [0.15, 0.2) is 55.0 Å². The predicted molar refractivity (Wildman–Crippen MR) is 106 cm³/mol. The minimum atomic E-state index is 0.00994. The summed E-state index contributed by atoms with van der Waals surface area (Å²) in [6.45, 7) is 3.53. The Morgan fingerprint density at radius 2 is 2.00 bits per heavy atom. The molecule has 0 bridgehead atoms. The van der Waals surface area contributed by atoms with E-state index < -0.39 is 0 Å². The highest BCUT2D eigenvalue weighted by Crippen LogP contribution is 2.27. The van der Waals surface area contributed by atoms with Gasteiger partial charge in [-0.25, -0.2) is 14.6 Å². The lowest BCUT2D eigenvalue weighted by Gasteiger charge is -2.09. The molecular formula is C20H16ClN5O. The number of nitrogens with one attached hydrogen (secondary N) is 1. The average molecular weight is 378 g/mol. The van der Waals surface area contributed by atoms with Crippen molar-refractivity contribution in [2.75, 3.05) is 5.32 Å². The molecule has 0 aliphatic heterocycles. The van der Waals surface area contributed by atoms with Gasteiger partial charge in [0.15, 0.2) is 11.4 Å². The summed E-state index contributed by atoms with van der Waals surface area (Å²) in [5, 5.41) is 9.13. The van der Waals surface area contributed by atoms with E-state index in [0.717, 1.165) is 22.3 Å². The summed E-state index contributed by atoms with van der Waals surface area (Å²) in [5.41, 5.74) is 3.97. The Hall–Kier alpha value is -3.25. The Balaban J connectivity index is 1.78. The summed E-state index contributed by atoms with van der Waals surface area (Å²) in [7, 11) is 0. The number of halogens is 1. The van der Waals surface area contributed by atoms with Crippen LogP contribution in [-0.2, 0) is 0 Å². The topological polar surface area (TPSA) is 72.7 Å². The van der Waals surface area contributed by atoms with Crippen molar-refractivity contribution in [2.45, 2.75) is 13.8 Å². The highest BCUT2D eigenvalue weighted by Gasteiger charge is 2.13. The Morgan fingerprint density at radius 3 is 2.81 bits per heavy atom. The van der Waals surface area contributed by atoms with Gasteiger partial charge in [0.2, 0.25) is 0 Å². The van der Waals surface area contributed by atoms with Gasteiger partial charge >= 0.3 is 0 Å². The number of anilines is 2. The third-order valence-corrected chi connectivity index (χ3v) is 4.53.